The summed E-state index contributed by atoms with van der Waals surface area (Å²) in [5.74, 6) is -0.398. The molecule has 1 aromatic heterocycles. The molecule has 2 rings (SSSR count). The molecule has 0 unspecified atom stereocenters. The van der Waals surface area contributed by atoms with Crippen molar-refractivity contribution in [2.45, 2.75) is 0 Å². The summed E-state index contributed by atoms with van der Waals surface area (Å²) in [4.78, 5) is 14.0. The van der Waals surface area contributed by atoms with Crippen LogP contribution in [0.2, 0.25) is 5.02 Å². The van der Waals surface area contributed by atoms with E-state index in [-0.39, 0.29) is 0 Å². The number of carbonyl (C=O) groups is 1. The van der Waals surface area contributed by atoms with Crippen molar-refractivity contribution in [3.63, 3.8) is 0 Å². The number of esters is 1. The van der Waals surface area contributed by atoms with Crippen molar-refractivity contribution < 1.29 is 9.53 Å². The monoisotopic (exact) mass is 235 g/mol. The highest BCUT2D eigenvalue weighted by atomic mass is 35.5. The predicted molar refractivity (Wildman–Crippen MR) is 64.4 cm³/mol. The summed E-state index contributed by atoms with van der Waals surface area (Å²) in [7, 11) is 1.34. The van der Waals surface area contributed by atoms with Crippen LogP contribution in [0.4, 0.5) is 0 Å². The van der Waals surface area contributed by atoms with Gasteiger partial charge >= 0.3 is 5.97 Å². The fourth-order valence-corrected chi connectivity index (χ4v) is 1.67. The molecule has 2 aromatic rings. The summed E-state index contributed by atoms with van der Waals surface area (Å²) in [6.45, 7) is 0. The molecule has 0 amide bonds. The fourth-order valence-electron chi connectivity index (χ4n) is 1.45. The van der Waals surface area contributed by atoms with Gasteiger partial charge in [-0.05, 0) is 29.8 Å². The van der Waals surface area contributed by atoms with Crippen LogP contribution in [0.1, 0.15) is 5.56 Å². The number of benzene rings is 1. The number of H-pyrrole nitrogens is 1. The van der Waals surface area contributed by atoms with E-state index in [0.29, 0.717) is 5.02 Å². The van der Waals surface area contributed by atoms with Gasteiger partial charge in [-0.25, -0.2) is 4.79 Å². The normalized spacial score (nSPS) is 11.1. The van der Waals surface area contributed by atoms with Crippen molar-refractivity contribution in [1.82, 2.24) is 4.98 Å². The molecule has 0 saturated carbocycles. The maximum atomic E-state index is 11.0. The molecule has 0 aliphatic rings. The molecule has 0 atom stereocenters. The molecule has 0 aliphatic heterocycles. The minimum absolute atomic E-state index is 0.398. The van der Waals surface area contributed by atoms with E-state index in [1.807, 2.05) is 24.4 Å². The first-order valence-corrected chi connectivity index (χ1v) is 5.11. The number of nitrogens with one attached hydrogen (secondary N) is 1. The number of ether oxygens (including phenoxy) is 1. The Kier molecular flexibility index (Phi) is 2.97. The number of rotatable bonds is 2. The molecule has 0 radical (unpaired) electrons. The van der Waals surface area contributed by atoms with Gasteiger partial charge in [0.1, 0.15) is 0 Å². The van der Waals surface area contributed by atoms with E-state index in [1.165, 1.54) is 13.2 Å². The third-order valence-electron chi connectivity index (χ3n) is 2.27. The van der Waals surface area contributed by atoms with Crippen LogP contribution >= 0.6 is 11.6 Å². The van der Waals surface area contributed by atoms with Crippen LogP contribution in [0.25, 0.3) is 17.0 Å². The zero-order valence-corrected chi connectivity index (χ0v) is 9.41. The Hall–Kier alpha value is -1.74. The average molecular weight is 236 g/mol. The van der Waals surface area contributed by atoms with Crippen LogP contribution in [0.15, 0.2) is 30.5 Å². The van der Waals surface area contributed by atoms with Gasteiger partial charge in [0.05, 0.1) is 7.11 Å². The Bertz CT molecular complexity index is 557. The van der Waals surface area contributed by atoms with E-state index < -0.39 is 5.97 Å². The molecule has 1 N–H and O–H groups in total. The van der Waals surface area contributed by atoms with E-state index in [4.69, 9.17) is 11.6 Å². The lowest BCUT2D eigenvalue weighted by molar-refractivity contribution is -0.134. The number of methoxy groups -OCH3 is 1. The standard InChI is InChI=1S/C12H10ClNO2/c1-16-12(15)3-2-8-6-9-4-5-14-11(9)7-10(8)13/h2-7,14H,1H3. The summed E-state index contributed by atoms with van der Waals surface area (Å²) in [6.07, 6.45) is 4.83. The third-order valence-corrected chi connectivity index (χ3v) is 2.60. The molecule has 1 aromatic carbocycles. The average Bonchev–Trinajstić information content (AvgIpc) is 2.72. The van der Waals surface area contributed by atoms with Crippen molar-refractivity contribution in [3.8, 4) is 0 Å². The van der Waals surface area contributed by atoms with Gasteiger partial charge in [0, 0.05) is 28.2 Å². The number of aromatic amines is 1. The zero-order valence-electron chi connectivity index (χ0n) is 8.66. The first-order chi connectivity index (χ1) is 7.70. The van der Waals surface area contributed by atoms with Gasteiger partial charge in [-0.1, -0.05) is 11.6 Å². The molecule has 3 nitrogen and oxygen atoms in total. The van der Waals surface area contributed by atoms with Crippen molar-refractivity contribution >= 4 is 34.5 Å². The molecule has 0 aliphatic carbocycles. The lowest BCUT2D eigenvalue weighted by atomic mass is 10.1. The van der Waals surface area contributed by atoms with Crippen molar-refractivity contribution in [2.24, 2.45) is 0 Å². The Balaban J connectivity index is 2.40. The highest BCUT2D eigenvalue weighted by Crippen LogP contribution is 2.24. The van der Waals surface area contributed by atoms with Gasteiger partial charge in [0.15, 0.2) is 0 Å². The Labute approximate surface area is 97.7 Å². The molecule has 0 fully saturated rings. The first-order valence-electron chi connectivity index (χ1n) is 4.73. The quantitative estimate of drug-likeness (QED) is 0.642. The number of carbonyl (C=O) groups excluding carboxylic acids is 1. The van der Waals surface area contributed by atoms with Gasteiger partial charge in [0.25, 0.3) is 0 Å². The fraction of sp³-hybridized carbons (Fsp3) is 0.0833. The van der Waals surface area contributed by atoms with Crippen LogP contribution in [-0.4, -0.2) is 18.1 Å². The Morgan fingerprint density at radius 1 is 1.50 bits per heavy atom. The molecular formula is C12H10ClNO2. The summed E-state index contributed by atoms with van der Waals surface area (Å²) < 4.78 is 4.51. The molecule has 1 heterocycles. The molecular weight excluding hydrogens is 226 g/mol. The van der Waals surface area contributed by atoms with Gasteiger partial charge < -0.3 is 9.72 Å². The van der Waals surface area contributed by atoms with E-state index >= 15 is 0 Å². The lowest BCUT2D eigenvalue weighted by Crippen LogP contribution is -1.93. The SMILES string of the molecule is COC(=O)C=Cc1cc2cc[nH]c2cc1Cl. The van der Waals surface area contributed by atoms with Crippen LogP contribution in [0.3, 0.4) is 0 Å². The molecule has 82 valence electrons. The van der Waals surface area contributed by atoms with Crippen LogP contribution in [-0.2, 0) is 9.53 Å². The van der Waals surface area contributed by atoms with E-state index in [0.717, 1.165) is 16.5 Å². The first kappa shape index (κ1) is 10.8. The van der Waals surface area contributed by atoms with Crippen molar-refractivity contribution in [1.29, 1.82) is 0 Å². The molecule has 16 heavy (non-hydrogen) atoms. The van der Waals surface area contributed by atoms with Gasteiger partial charge in [-0.3, -0.25) is 0 Å². The zero-order chi connectivity index (χ0) is 11.5. The van der Waals surface area contributed by atoms with Crippen LogP contribution < -0.4 is 0 Å². The second kappa shape index (κ2) is 4.41. The van der Waals surface area contributed by atoms with E-state index in [1.54, 1.807) is 6.08 Å². The predicted octanol–water partition coefficient (Wildman–Crippen LogP) is 3.01. The summed E-state index contributed by atoms with van der Waals surface area (Å²) in [5, 5.41) is 1.64. The largest absolute Gasteiger partial charge is 0.466 e. The molecule has 0 bridgehead atoms. The van der Waals surface area contributed by atoms with E-state index in [2.05, 4.69) is 9.72 Å². The van der Waals surface area contributed by atoms with Gasteiger partial charge in [-0.15, -0.1) is 0 Å². The summed E-state index contributed by atoms with van der Waals surface area (Å²) >= 11 is 6.06. The summed E-state index contributed by atoms with van der Waals surface area (Å²) in [6, 6.07) is 5.68. The molecule has 4 heteroatoms. The number of hydrogen-bond donors (Lipinski definition) is 1. The van der Waals surface area contributed by atoms with Gasteiger partial charge in [0.2, 0.25) is 0 Å². The lowest BCUT2D eigenvalue weighted by Gasteiger charge is -1.99. The number of hydrogen-bond acceptors (Lipinski definition) is 2. The van der Waals surface area contributed by atoms with Crippen molar-refractivity contribution in [2.75, 3.05) is 7.11 Å². The minimum Gasteiger partial charge on any atom is -0.466 e. The topological polar surface area (TPSA) is 42.1 Å². The minimum atomic E-state index is -0.398. The maximum Gasteiger partial charge on any atom is 0.330 e. The third kappa shape index (κ3) is 2.09. The molecule has 0 saturated heterocycles. The Morgan fingerprint density at radius 3 is 3.06 bits per heavy atom. The van der Waals surface area contributed by atoms with E-state index in [9.17, 15) is 4.79 Å². The van der Waals surface area contributed by atoms with Crippen LogP contribution in [0.5, 0.6) is 0 Å². The van der Waals surface area contributed by atoms with Crippen LogP contribution in [0, 0.1) is 0 Å². The smallest absolute Gasteiger partial charge is 0.330 e. The summed E-state index contributed by atoms with van der Waals surface area (Å²) in [5.41, 5.74) is 1.76. The number of aromatic nitrogens is 1. The van der Waals surface area contributed by atoms with Gasteiger partial charge in [-0.2, -0.15) is 0 Å². The second-order valence-corrected chi connectivity index (χ2v) is 3.70. The van der Waals surface area contributed by atoms with Crippen molar-refractivity contribution in [3.05, 3.63) is 41.1 Å². The maximum absolute atomic E-state index is 11.0. The second-order valence-electron chi connectivity index (χ2n) is 3.30. The number of fused-ring (bicyclic) bond motifs is 1. The highest BCUT2D eigenvalue weighted by Gasteiger charge is 2.02. The highest BCUT2D eigenvalue weighted by molar-refractivity contribution is 6.32. The Morgan fingerprint density at radius 2 is 2.31 bits per heavy atom. The molecule has 0 spiro atoms. The number of halogens is 1.